The smallest absolute Gasteiger partial charge is 0.0546 e. The lowest BCUT2D eigenvalue weighted by atomic mass is 9.52. The SMILES string of the molecule is C[C@@H]1C[C@H]([C@]2(C)[CH]Cc3c(cnn3C(C)(C)C)C2)[C@@H](CN)[C@H]2CC[C@H](C)[C@@H]21. The molecule has 0 bridgehead atoms. The molecular weight excluding hydrogens is 330 g/mol. The van der Waals surface area contributed by atoms with Crippen molar-refractivity contribution in [3.63, 3.8) is 0 Å². The van der Waals surface area contributed by atoms with Gasteiger partial charge in [0, 0.05) is 5.69 Å². The van der Waals surface area contributed by atoms with E-state index in [2.05, 4.69) is 58.8 Å². The lowest BCUT2D eigenvalue weighted by molar-refractivity contribution is -0.00615. The van der Waals surface area contributed by atoms with Gasteiger partial charge in [0.15, 0.2) is 0 Å². The predicted octanol–water partition coefficient (Wildman–Crippen LogP) is 4.84. The van der Waals surface area contributed by atoms with Crippen molar-refractivity contribution in [3.8, 4) is 0 Å². The van der Waals surface area contributed by atoms with Crippen LogP contribution >= 0.6 is 0 Å². The van der Waals surface area contributed by atoms with E-state index in [1.165, 1.54) is 30.5 Å². The average Bonchev–Trinajstić information content (AvgIpc) is 3.18. The second kappa shape index (κ2) is 6.61. The van der Waals surface area contributed by atoms with E-state index in [0.29, 0.717) is 5.92 Å². The molecule has 3 nitrogen and oxygen atoms in total. The topological polar surface area (TPSA) is 43.8 Å². The summed E-state index contributed by atoms with van der Waals surface area (Å²) in [6.07, 6.45) is 11.1. The minimum absolute atomic E-state index is 0.0571. The Morgan fingerprint density at radius 3 is 2.63 bits per heavy atom. The molecule has 1 aromatic heterocycles. The fraction of sp³-hybridized carbons (Fsp3) is 0.833. The zero-order chi connectivity index (χ0) is 19.6. The zero-order valence-electron chi connectivity index (χ0n) is 18.3. The van der Waals surface area contributed by atoms with Crippen LogP contribution in [0.2, 0.25) is 0 Å². The summed E-state index contributed by atoms with van der Waals surface area (Å²) < 4.78 is 2.25. The lowest BCUT2D eigenvalue weighted by Crippen LogP contribution is -2.49. The highest BCUT2D eigenvalue weighted by atomic mass is 15.3. The number of hydrogen-bond acceptors (Lipinski definition) is 2. The van der Waals surface area contributed by atoms with Crippen LogP contribution in [0.4, 0.5) is 0 Å². The first-order chi connectivity index (χ1) is 12.7. The van der Waals surface area contributed by atoms with E-state index in [1.54, 1.807) is 0 Å². The molecule has 1 aromatic rings. The van der Waals surface area contributed by atoms with Crippen molar-refractivity contribution in [2.45, 2.75) is 79.2 Å². The van der Waals surface area contributed by atoms with Gasteiger partial charge >= 0.3 is 0 Å². The summed E-state index contributed by atoms with van der Waals surface area (Å²) in [6.45, 7) is 15.1. The molecule has 0 aromatic carbocycles. The highest BCUT2D eigenvalue weighted by Gasteiger charge is 2.53. The third-order valence-corrected chi connectivity index (χ3v) is 8.50. The number of rotatable bonds is 2. The van der Waals surface area contributed by atoms with E-state index in [0.717, 1.165) is 49.0 Å². The molecule has 151 valence electrons. The van der Waals surface area contributed by atoms with Gasteiger partial charge in [0.05, 0.1) is 11.7 Å². The van der Waals surface area contributed by atoms with Crippen molar-refractivity contribution >= 4 is 0 Å². The van der Waals surface area contributed by atoms with Crippen molar-refractivity contribution in [1.82, 2.24) is 9.78 Å². The Morgan fingerprint density at radius 1 is 1.22 bits per heavy atom. The van der Waals surface area contributed by atoms with E-state index >= 15 is 0 Å². The second-order valence-corrected chi connectivity index (χ2v) is 11.3. The minimum atomic E-state index is 0.0571. The molecular formula is C24H40N3. The van der Waals surface area contributed by atoms with E-state index < -0.39 is 0 Å². The third kappa shape index (κ3) is 3.09. The molecule has 0 spiro atoms. The Morgan fingerprint density at radius 2 is 1.96 bits per heavy atom. The standard InChI is InChI=1S/C24H40N3/c1-15-7-8-18-19(13-25)20(11-16(2)22(15)18)24(6)10-9-21-17(12-24)14-26-27(21)23(3,4)5/h10,14-16,18-20,22H,7-9,11-13,25H2,1-6H3/t15-,16+,18+,19-,20-,22+,24+/m0/s1. The van der Waals surface area contributed by atoms with Crippen LogP contribution in [-0.4, -0.2) is 16.3 Å². The first-order valence-electron chi connectivity index (χ1n) is 11.3. The molecule has 7 atom stereocenters. The van der Waals surface area contributed by atoms with Crippen LogP contribution in [0.1, 0.15) is 72.1 Å². The van der Waals surface area contributed by atoms with Crippen LogP contribution in [0.15, 0.2) is 6.20 Å². The molecule has 0 unspecified atom stereocenters. The molecule has 3 aliphatic carbocycles. The molecule has 3 aliphatic rings. The van der Waals surface area contributed by atoms with Gasteiger partial charge in [-0.2, -0.15) is 5.10 Å². The Balaban J connectivity index is 1.62. The fourth-order valence-electron chi connectivity index (χ4n) is 7.32. The zero-order valence-corrected chi connectivity index (χ0v) is 18.3. The number of fused-ring (bicyclic) bond motifs is 2. The van der Waals surface area contributed by atoms with Crippen LogP contribution in [0, 0.1) is 47.3 Å². The van der Waals surface area contributed by atoms with Crippen molar-refractivity contribution in [2.75, 3.05) is 6.54 Å². The second-order valence-electron chi connectivity index (χ2n) is 11.3. The van der Waals surface area contributed by atoms with Crippen LogP contribution in [0.5, 0.6) is 0 Å². The van der Waals surface area contributed by atoms with Crippen LogP contribution in [0.3, 0.4) is 0 Å². The maximum absolute atomic E-state index is 6.43. The normalized spacial score (nSPS) is 42.0. The summed E-state index contributed by atoms with van der Waals surface area (Å²) in [4.78, 5) is 0. The summed E-state index contributed by atoms with van der Waals surface area (Å²) in [5, 5.41) is 4.77. The van der Waals surface area contributed by atoms with Crippen molar-refractivity contribution in [2.24, 2.45) is 46.7 Å². The van der Waals surface area contributed by atoms with Gasteiger partial charge < -0.3 is 5.73 Å². The van der Waals surface area contributed by atoms with Gasteiger partial charge in [-0.05, 0) is 106 Å². The maximum Gasteiger partial charge on any atom is 0.0546 e. The molecule has 3 heteroatoms. The molecule has 27 heavy (non-hydrogen) atoms. The Labute approximate surface area is 166 Å². The quantitative estimate of drug-likeness (QED) is 0.809. The van der Waals surface area contributed by atoms with Gasteiger partial charge in [0.25, 0.3) is 0 Å². The Bertz CT molecular complexity index is 684. The predicted molar refractivity (Wildman–Crippen MR) is 112 cm³/mol. The average molecular weight is 371 g/mol. The summed E-state index contributed by atoms with van der Waals surface area (Å²) >= 11 is 0. The Hall–Kier alpha value is -0.830. The molecule has 2 fully saturated rings. The van der Waals surface area contributed by atoms with Crippen molar-refractivity contribution < 1.29 is 0 Å². The van der Waals surface area contributed by atoms with E-state index in [1.807, 2.05) is 0 Å². The van der Waals surface area contributed by atoms with E-state index in [-0.39, 0.29) is 11.0 Å². The monoisotopic (exact) mass is 370 g/mol. The molecule has 0 amide bonds. The van der Waals surface area contributed by atoms with Gasteiger partial charge in [-0.3, -0.25) is 4.68 Å². The first-order valence-corrected chi connectivity index (χ1v) is 11.3. The lowest BCUT2D eigenvalue weighted by Gasteiger charge is -2.53. The molecule has 1 heterocycles. The molecule has 1 radical (unpaired) electrons. The maximum atomic E-state index is 6.43. The summed E-state index contributed by atoms with van der Waals surface area (Å²) in [7, 11) is 0. The number of hydrogen-bond donors (Lipinski definition) is 1. The number of nitrogens with two attached hydrogens (primary N) is 1. The van der Waals surface area contributed by atoms with Crippen LogP contribution in [-0.2, 0) is 18.4 Å². The van der Waals surface area contributed by atoms with Gasteiger partial charge in [-0.15, -0.1) is 0 Å². The molecule has 2 saturated carbocycles. The summed E-state index contributed by atoms with van der Waals surface area (Å²) in [5.74, 6) is 4.89. The van der Waals surface area contributed by atoms with Gasteiger partial charge in [-0.1, -0.05) is 27.2 Å². The largest absolute Gasteiger partial charge is 0.330 e. The summed E-state index contributed by atoms with van der Waals surface area (Å²) in [5.41, 5.74) is 9.65. The van der Waals surface area contributed by atoms with Crippen LogP contribution < -0.4 is 5.73 Å². The molecule has 2 N–H and O–H groups in total. The highest BCUT2D eigenvalue weighted by molar-refractivity contribution is 5.29. The number of nitrogens with zero attached hydrogens (tertiary/aromatic N) is 2. The van der Waals surface area contributed by atoms with Gasteiger partial charge in [-0.25, -0.2) is 0 Å². The van der Waals surface area contributed by atoms with Crippen LogP contribution in [0.25, 0.3) is 0 Å². The summed E-state index contributed by atoms with van der Waals surface area (Å²) in [6, 6.07) is 0. The molecule has 0 aliphatic heterocycles. The Kier molecular flexibility index (Phi) is 4.77. The fourth-order valence-corrected chi connectivity index (χ4v) is 7.32. The van der Waals surface area contributed by atoms with Gasteiger partial charge in [0.1, 0.15) is 0 Å². The van der Waals surface area contributed by atoms with Gasteiger partial charge in [0.2, 0.25) is 0 Å². The van der Waals surface area contributed by atoms with E-state index in [9.17, 15) is 0 Å². The highest BCUT2D eigenvalue weighted by Crippen LogP contribution is 2.58. The van der Waals surface area contributed by atoms with Crippen molar-refractivity contribution in [3.05, 3.63) is 23.9 Å². The van der Waals surface area contributed by atoms with E-state index in [4.69, 9.17) is 10.8 Å². The number of aromatic nitrogens is 2. The minimum Gasteiger partial charge on any atom is -0.330 e. The van der Waals surface area contributed by atoms with Crippen molar-refractivity contribution in [1.29, 1.82) is 0 Å². The molecule has 0 saturated heterocycles. The molecule has 4 rings (SSSR count). The third-order valence-electron chi connectivity index (χ3n) is 8.50. The first kappa shape index (κ1) is 19.5.